The molecule has 3 amide bonds. The molecule has 0 saturated carbocycles. The van der Waals surface area contributed by atoms with E-state index >= 15 is 0 Å². The van der Waals surface area contributed by atoms with Crippen LogP contribution in [0, 0.1) is 6.92 Å². The minimum absolute atomic E-state index is 0.0512. The number of nitrogens with one attached hydrogen (secondary N) is 1. The number of benzene rings is 2. The van der Waals surface area contributed by atoms with Crippen LogP contribution in [0.2, 0.25) is 0 Å². The molecule has 1 fully saturated rings. The van der Waals surface area contributed by atoms with Crippen molar-refractivity contribution in [3.63, 3.8) is 0 Å². The first kappa shape index (κ1) is 17.7. The number of imide groups is 1. The molecule has 0 aliphatic carbocycles. The monoisotopic (exact) mass is 352 g/mol. The maximum Gasteiger partial charge on any atom is 0.417 e. The van der Waals surface area contributed by atoms with Crippen LogP contribution in [-0.4, -0.2) is 28.8 Å². The van der Waals surface area contributed by atoms with Crippen molar-refractivity contribution < 1.29 is 19.1 Å². The van der Waals surface area contributed by atoms with Gasteiger partial charge in [-0.2, -0.15) is 0 Å². The number of hydrogen-bond acceptors (Lipinski definition) is 4. The fourth-order valence-electron chi connectivity index (χ4n) is 2.88. The third-order valence-electron chi connectivity index (χ3n) is 4.32. The molecular formula is C20H20N2O4. The Morgan fingerprint density at radius 2 is 1.81 bits per heavy atom. The molecule has 0 radical (unpaired) electrons. The zero-order valence-corrected chi connectivity index (χ0v) is 14.5. The predicted molar refractivity (Wildman–Crippen MR) is 96.3 cm³/mol. The van der Waals surface area contributed by atoms with Crippen LogP contribution in [0.5, 0.6) is 0 Å². The molecule has 0 aromatic heterocycles. The topological polar surface area (TPSA) is 75.7 Å². The number of para-hydroxylation sites is 1. The average molecular weight is 352 g/mol. The highest BCUT2D eigenvalue weighted by Crippen LogP contribution is 2.23. The maximum absolute atomic E-state index is 12.6. The Morgan fingerprint density at radius 1 is 1.12 bits per heavy atom. The number of rotatable bonds is 4. The van der Waals surface area contributed by atoms with Crippen LogP contribution in [0.4, 0.5) is 10.5 Å². The molecule has 1 saturated heterocycles. The van der Waals surface area contributed by atoms with Crippen molar-refractivity contribution in [2.45, 2.75) is 32.4 Å². The molecule has 3 rings (SSSR count). The number of carbonyl (C=O) groups excluding carboxylic acids is 3. The van der Waals surface area contributed by atoms with Crippen molar-refractivity contribution in [2.75, 3.05) is 5.32 Å². The lowest BCUT2D eigenvalue weighted by atomic mass is 10.1. The lowest BCUT2D eigenvalue weighted by molar-refractivity contribution is -0.131. The summed E-state index contributed by atoms with van der Waals surface area (Å²) >= 11 is 0. The number of amides is 3. The molecular weight excluding hydrogens is 332 g/mol. The molecule has 1 aliphatic heterocycles. The van der Waals surface area contributed by atoms with Crippen LogP contribution in [0.1, 0.15) is 24.0 Å². The molecule has 0 bridgehead atoms. The molecule has 6 nitrogen and oxygen atoms in total. The van der Waals surface area contributed by atoms with Gasteiger partial charge in [0.15, 0.2) is 0 Å². The van der Waals surface area contributed by atoms with Crippen molar-refractivity contribution in [2.24, 2.45) is 0 Å². The van der Waals surface area contributed by atoms with Gasteiger partial charge in [-0.05, 0) is 30.5 Å². The summed E-state index contributed by atoms with van der Waals surface area (Å²) in [5, 5.41) is 2.79. The minimum Gasteiger partial charge on any atom is -0.444 e. The summed E-state index contributed by atoms with van der Waals surface area (Å²) in [5.74, 6) is -0.783. The Labute approximate surface area is 151 Å². The van der Waals surface area contributed by atoms with Crippen molar-refractivity contribution in [1.82, 2.24) is 4.90 Å². The van der Waals surface area contributed by atoms with Crippen LogP contribution in [0.25, 0.3) is 0 Å². The summed E-state index contributed by atoms with van der Waals surface area (Å²) in [7, 11) is 0. The number of nitrogens with zero attached hydrogens (tertiary/aromatic N) is 1. The third kappa shape index (κ3) is 3.91. The molecule has 1 atom stereocenters. The van der Waals surface area contributed by atoms with E-state index in [1.54, 1.807) is 6.07 Å². The molecule has 1 unspecified atom stereocenters. The molecule has 6 heteroatoms. The SMILES string of the molecule is Cc1ccccc1NC(=O)C1CCC(=O)N1C(=O)OCc1ccccc1. The van der Waals surface area contributed by atoms with Crippen molar-refractivity contribution >= 4 is 23.6 Å². The second kappa shape index (κ2) is 7.82. The highest BCUT2D eigenvalue weighted by atomic mass is 16.6. The lowest BCUT2D eigenvalue weighted by Crippen LogP contribution is -2.45. The highest BCUT2D eigenvalue weighted by Gasteiger charge is 2.41. The first-order chi connectivity index (χ1) is 12.6. The van der Waals surface area contributed by atoms with E-state index in [0.29, 0.717) is 5.69 Å². The van der Waals surface area contributed by atoms with Gasteiger partial charge in [0.2, 0.25) is 11.8 Å². The van der Waals surface area contributed by atoms with Gasteiger partial charge in [-0.15, -0.1) is 0 Å². The van der Waals surface area contributed by atoms with Gasteiger partial charge in [0.1, 0.15) is 12.6 Å². The van der Waals surface area contributed by atoms with E-state index < -0.39 is 18.0 Å². The number of likely N-dealkylation sites (tertiary alicyclic amines) is 1. The van der Waals surface area contributed by atoms with Gasteiger partial charge in [0.05, 0.1) is 0 Å². The van der Waals surface area contributed by atoms with Gasteiger partial charge in [0, 0.05) is 12.1 Å². The number of carbonyl (C=O) groups is 3. The summed E-state index contributed by atoms with van der Waals surface area (Å²) in [4.78, 5) is 38.0. The first-order valence-electron chi connectivity index (χ1n) is 8.45. The van der Waals surface area contributed by atoms with E-state index in [1.807, 2.05) is 55.5 Å². The molecule has 2 aromatic carbocycles. The Hall–Kier alpha value is -3.15. The lowest BCUT2D eigenvalue weighted by Gasteiger charge is -2.22. The second-order valence-corrected chi connectivity index (χ2v) is 6.16. The van der Waals surface area contributed by atoms with Crippen LogP contribution in [0.15, 0.2) is 54.6 Å². The third-order valence-corrected chi connectivity index (χ3v) is 4.32. The van der Waals surface area contributed by atoms with Gasteiger partial charge < -0.3 is 10.1 Å². The number of aryl methyl sites for hydroxylation is 1. The van der Waals surface area contributed by atoms with Crippen molar-refractivity contribution in [1.29, 1.82) is 0 Å². The van der Waals surface area contributed by atoms with Crippen LogP contribution < -0.4 is 5.32 Å². The number of hydrogen-bond donors (Lipinski definition) is 1. The fraction of sp³-hybridized carbons (Fsp3) is 0.250. The summed E-state index contributed by atoms with van der Waals surface area (Å²) in [6.45, 7) is 1.93. The molecule has 1 N–H and O–H groups in total. The zero-order valence-electron chi connectivity index (χ0n) is 14.5. The molecule has 0 spiro atoms. The Kier molecular flexibility index (Phi) is 5.31. The van der Waals surface area contributed by atoms with Crippen LogP contribution >= 0.6 is 0 Å². The summed E-state index contributed by atoms with van der Waals surface area (Å²) in [6, 6.07) is 15.7. The summed E-state index contributed by atoms with van der Waals surface area (Å²) in [5.41, 5.74) is 2.38. The summed E-state index contributed by atoms with van der Waals surface area (Å²) < 4.78 is 5.22. The molecule has 1 heterocycles. The number of anilines is 1. The van der Waals surface area contributed by atoms with Gasteiger partial charge in [0.25, 0.3) is 0 Å². The van der Waals surface area contributed by atoms with Gasteiger partial charge in [-0.25, -0.2) is 9.69 Å². The maximum atomic E-state index is 12.6. The standard InChI is InChI=1S/C20H20N2O4/c1-14-7-5-6-10-16(14)21-19(24)17-11-12-18(23)22(17)20(25)26-13-15-8-3-2-4-9-15/h2-10,17H,11-13H2,1H3,(H,21,24). The van der Waals surface area contributed by atoms with Crippen molar-refractivity contribution in [3.8, 4) is 0 Å². The molecule has 26 heavy (non-hydrogen) atoms. The van der Waals surface area contributed by atoms with E-state index in [9.17, 15) is 14.4 Å². The Morgan fingerprint density at radius 3 is 2.54 bits per heavy atom. The Bertz CT molecular complexity index is 820. The summed E-state index contributed by atoms with van der Waals surface area (Å²) in [6.07, 6.45) is -0.357. The van der Waals surface area contributed by atoms with Gasteiger partial charge in [-0.3, -0.25) is 9.59 Å². The van der Waals surface area contributed by atoms with E-state index in [-0.39, 0.29) is 25.4 Å². The quantitative estimate of drug-likeness (QED) is 0.916. The first-order valence-corrected chi connectivity index (χ1v) is 8.45. The van der Waals surface area contributed by atoms with Crippen LogP contribution in [0.3, 0.4) is 0 Å². The molecule has 134 valence electrons. The van der Waals surface area contributed by atoms with Gasteiger partial charge in [-0.1, -0.05) is 48.5 Å². The minimum atomic E-state index is -0.856. The van der Waals surface area contributed by atoms with Crippen LogP contribution in [-0.2, 0) is 20.9 Å². The van der Waals surface area contributed by atoms with E-state index in [2.05, 4.69) is 5.32 Å². The zero-order chi connectivity index (χ0) is 18.5. The fourth-order valence-corrected chi connectivity index (χ4v) is 2.88. The smallest absolute Gasteiger partial charge is 0.417 e. The second-order valence-electron chi connectivity index (χ2n) is 6.16. The van der Waals surface area contributed by atoms with E-state index in [0.717, 1.165) is 16.0 Å². The highest BCUT2D eigenvalue weighted by molar-refractivity contribution is 6.04. The van der Waals surface area contributed by atoms with E-state index in [1.165, 1.54) is 0 Å². The largest absolute Gasteiger partial charge is 0.444 e. The molecule has 1 aliphatic rings. The average Bonchev–Trinajstić information content (AvgIpc) is 3.04. The number of ether oxygens (including phenoxy) is 1. The van der Waals surface area contributed by atoms with Gasteiger partial charge >= 0.3 is 6.09 Å². The normalized spacial score (nSPS) is 16.4. The van der Waals surface area contributed by atoms with E-state index in [4.69, 9.17) is 4.74 Å². The predicted octanol–water partition coefficient (Wildman–Crippen LogP) is 3.26. The van der Waals surface area contributed by atoms with Crippen molar-refractivity contribution in [3.05, 3.63) is 65.7 Å². The molecule has 2 aromatic rings. The Balaban J connectivity index is 1.67.